The number of hydrogen-bond donors (Lipinski definition) is 1. The standard InChI is InChI=1S/C16H19FN4OS2/c1-2-21(13-7-8-13)14(22)10-23-16-20-19-15(24-16)18-9-11-3-5-12(17)6-4-11/h3-6,13H,2,7-10H2,1H3,(H,18,19). The number of benzene rings is 1. The zero-order valence-electron chi connectivity index (χ0n) is 13.4. The lowest BCUT2D eigenvalue weighted by atomic mass is 10.2. The lowest BCUT2D eigenvalue weighted by Gasteiger charge is -2.19. The monoisotopic (exact) mass is 366 g/mol. The maximum Gasteiger partial charge on any atom is 0.233 e. The van der Waals surface area contributed by atoms with E-state index in [1.165, 1.54) is 35.2 Å². The van der Waals surface area contributed by atoms with Crippen molar-refractivity contribution in [3.05, 3.63) is 35.6 Å². The number of nitrogens with one attached hydrogen (secondary N) is 1. The Labute approximate surface area is 148 Å². The Morgan fingerprint density at radius 2 is 2.12 bits per heavy atom. The van der Waals surface area contributed by atoms with Crippen LogP contribution in [0.1, 0.15) is 25.3 Å². The van der Waals surface area contributed by atoms with Crippen LogP contribution in [-0.4, -0.2) is 39.3 Å². The van der Waals surface area contributed by atoms with E-state index in [1.54, 1.807) is 12.1 Å². The van der Waals surface area contributed by atoms with Crippen molar-refractivity contribution in [2.24, 2.45) is 0 Å². The molecule has 0 aliphatic heterocycles. The van der Waals surface area contributed by atoms with Gasteiger partial charge in [0, 0.05) is 19.1 Å². The molecule has 2 aromatic rings. The lowest BCUT2D eigenvalue weighted by molar-refractivity contribution is -0.128. The molecule has 128 valence electrons. The van der Waals surface area contributed by atoms with Gasteiger partial charge in [-0.3, -0.25) is 4.79 Å². The first-order valence-electron chi connectivity index (χ1n) is 7.90. The number of rotatable bonds is 8. The van der Waals surface area contributed by atoms with Gasteiger partial charge >= 0.3 is 0 Å². The summed E-state index contributed by atoms with van der Waals surface area (Å²) in [6.07, 6.45) is 2.25. The van der Waals surface area contributed by atoms with Gasteiger partial charge in [-0.25, -0.2) is 4.39 Å². The number of thioether (sulfide) groups is 1. The summed E-state index contributed by atoms with van der Waals surface area (Å²) in [7, 11) is 0. The second kappa shape index (κ2) is 7.94. The molecule has 1 aromatic carbocycles. The van der Waals surface area contributed by atoms with Gasteiger partial charge in [-0.05, 0) is 37.5 Å². The van der Waals surface area contributed by atoms with Crippen molar-refractivity contribution in [3.63, 3.8) is 0 Å². The van der Waals surface area contributed by atoms with Crippen LogP contribution in [0.5, 0.6) is 0 Å². The third kappa shape index (κ3) is 4.67. The number of amides is 1. The Kier molecular flexibility index (Phi) is 5.68. The lowest BCUT2D eigenvalue weighted by Crippen LogP contribution is -2.34. The van der Waals surface area contributed by atoms with E-state index in [2.05, 4.69) is 15.5 Å². The van der Waals surface area contributed by atoms with Crippen molar-refractivity contribution < 1.29 is 9.18 Å². The van der Waals surface area contributed by atoms with E-state index in [0.717, 1.165) is 29.3 Å². The fraction of sp³-hybridized carbons (Fsp3) is 0.438. The normalized spacial score (nSPS) is 13.8. The summed E-state index contributed by atoms with van der Waals surface area (Å²) >= 11 is 2.85. The van der Waals surface area contributed by atoms with Crippen LogP contribution in [0.25, 0.3) is 0 Å². The Bertz CT molecular complexity index is 688. The molecule has 1 aliphatic carbocycles. The molecule has 1 amide bonds. The highest BCUT2D eigenvalue weighted by atomic mass is 32.2. The van der Waals surface area contributed by atoms with E-state index in [9.17, 15) is 9.18 Å². The molecular weight excluding hydrogens is 347 g/mol. The average Bonchev–Trinajstić information content (AvgIpc) is 3.31. The first kappa shape index (κ1) is 17.2. The Morgan fingerprint density at radius 3 is 2.79 bits per heavy atom. The Hall–Kier alpha value is -1.67. The van der Waals surface area contributed by atoms with Crippen LogP contribution in [0, 0.1) is 5.82 Å². The highest BCUT2D eigenvalue weighted by Crippen LogP contribution is 2.29. The van der Waals surface area contributed by atoms with Crippen molar-refractivity contribution in [2.75, 3.05) is 17.6 Å². The highest BCUT2D eigenvalue weighted by Gasteiger charge is 2.31. The predicted octanol–water partition coefficient (Wildman–Crippen LogP) is 3.39. The highest BCUT2D eigenvalue weighted by molar-refractivity contribution is 8.01. The topological polar surface area (TPSA) is 58.1 Å². The molecule has 3 rings (SSSR count). The van der Waals surface area contributed by atoms with Gasteiger partial charge in [0.15, 0.2) is 4.34 Å². The van der Waals surface area contributed by atoms with Crippen molar-refractivity contribution in [2.45, 2.75) is 36.7 Å². The summed E-state index contributed by atoms with van der Waals surface area (Å²) in [5, 5.41) is 12.0. The Morgan fingerprint density at radius 1 is 1.38 bits per heavy atom. The van der Waals surface area contributed by atoms with E-state index in [0.29, 0.717) is 23.5 Å². The molecule has 0 unspecified atom stereocenters. The second-order valence-corrected chi connectivity index (χ2v) is 7.75. The van der Waals surface area contributed by atoms with Crippen LogP contribution in [0.2, 0.25) is 0 Å². The minimum atomic E-state index is -0.245. The van der Waals surface area contributed by atoms with Gasteiger partial charge in [0.1, 0.15) is 5.82 Å². The number of aromatic nitrogens is 2. The quantitative estimate of drug-likeness (QED) is 0.726. The largest absolute Gasteiger partial charge is 0.356 e. The predicted molar refractivity (Wildman–Crippen MR) is 94.8 cm³/mol. The molecule has 0 saturated heterocycles. The summed E-state index contributed by atoms with van der Waals surface area (Å²) in [6, 6.07) is 6.78. The number of carbonyl (C=O) groups excluding carboxylic acids is 1. The fourth-order valence-electron chi connectivity index (χ4n) is 2.35. The molecule has 0 atom stereocenters. The minimum absolute atomic E-state index is 0.168. The average molecular weight is 366 g/mol. The van der Waals surface area contributed by atoms with Gasteiger partial charge in [0.05, 0.1) is 5.75 Å². The second-order valence-electron chi connectivity index (χ2n) is 5.55. The number of halogens is 1. The molecule has 0 radical (unpaired) electrons. The molecule has 5 nitrogen and oxygen atoms in total. The van der Waals surface area contributed by atoms with Gasteiger partial charge in [-0.1, -0.05) is 35.2 Å². The van der Waals surface area contributed by atoms with Crippen molar-refractivity contribution >= 4 is 34.1 Å². The smallest absolute Gasteiger partial charge is 0.233 e. The SMILES string of the molecule is CCN(C(=O)CSc1nnc(NCc2ccc(F)cc2)s1)C1CC1. The fourth-order valence-corrected chi connectivity index (χ4v) is 3.98. The molecule has 1 saturated carbocycles. The molecule has 8 heteroatoms. The van der Waals surface area contributed by atoms with E-state index < -0.39 is 0 Å². The summed E-state index contributed by atoms with van der Waals surface area (Å²) in [5.74, 6) is 0.322. The van der Waals surface area contributed by atoms with Crippen LogP contribution in [-0.2, 0) is 11.3 Å². The van der Waals surface area contributed by atoms with Crippen molar-refractivity contribution in [3.8, 4) is 0 Å². The maximum atomic E-state index is 12.9. The minimum Gasteiger partial charge on any atom is -0.356 e. The summed E-state index contributed by atoms with van der Waals surface area (Å²) in [5.41, 5.74) is 0.971. The Balaban J connectivity index is 1.46. The summed E-state index contributed by atoms with van der Waals surface area (Å²) < 4.78 is 13.6. The number of hydrogen-bond acceptors (Lipinski definition) is 6. The molecule has 24 heavy (non-hydrogen) atoms. The molecule has 1 N–H and O–H groups in total. The first-order valence-corrected chi connectivity index (χ1v) is 9.70. The molecule has 1 aromatic heterocycles. The van der Waals surface area contributed by atoms with Crippen LogP contribution >= 0.6 is 23.1 Å². The van der Waals surface area contributed by atoms with Crippen LogP contribution in [0.15, 0.2) is 28.6 Å². The molecule has 1 aliphatic rings. The maximum absolute atomic E-state index is 12.9. The van der Waals surface area contributed by atoms with Gasteiger partial charge in [-0.2, -0.15) is 0 Å². The molecule has 1 heterocycles. The van der Waals surface area contributed by atoms with E-state index in [4.69, 9.17) is 0 Å². The van der Waals surface area contributed by atoms with Crippen LogP contribution < -0.4 is 5.32 Å². The van der Waals surface area contributed by atoms with E-state index in [-0.39, 0.29) is 11.7 Å². The molecule has 1 fully saturated rings. The van der Waals surface area contributed by atoms with Gasteiger partial charge in [-0.15, -0.1) is 10.2 Å². The van der Waals surface area contributed by atoms with Gasteiger partial charge < -0.3 is 10.2 Å². The number of nitrogens with zero attached hydrogens (tertiary/aromatic N) is 3. The van der Waals surface area contributed by atoms with Gasteiger partial charge in [0.25, 0.3) is 0 Å². The first-order chi connectivity index (χ1) is 11.7. The van der Waals surface area contributed by atoms with E-state index >= 15 is 0 Å². The molecular formula is C16H19FN4OS2. The van der Waals surface area contributed by atoms with Crippen LogP contribution in [0.3, 0.4) is 0 Å². The third-order valence-electron chi connectivity index (χ3n) is 3.73. The number of carbonyl (C=O) groups is 1. The van der Waals surface area contributed by atoms with Crippen molar-refractivity contribution in [1.29, 1.82) is 0 Å². The van der Waals surface area contributed by atoms with Crippen LogP contribution in [0.4, 0.5) is 9.52 Å². The third-order valence-corrected chi connectivity index (χ3v) is 5.73. The van der Waals surface area contributed by atoms with Crippen molar-refractivity contribution in [1.82, 2.24) is 15.1 Å². The van der Waals surface area contributed by atoms with E-state index in [1.807, 2.05) is 11.8 Å². The molecule has 0 spiro atoms. The zero-order valence-corrected chi connectivity index (χ0v) is 15.0. The zero-order chi connectivity index (χ0) is 16.9. The summed E-state index contributed by atoms with van der Waals surface area (Å²) in [6.45, 7) is 3.35. The summed E-state index contributed by atoms with van der Waals surface area (Å²) in [4.78, 5) is 14.1. The van der Waals surface area contributed by atoms with Gasteiger partial charge in [0.2, 0.25) is 11.0 Å². The number of anilines is 1. The molecule has 0 bridgehead atoms.